The normalized spacial score (nSPS) is 12.1. The summed E-state index contributed by atoms with van der Waals surface area (Å²) in [7, 11) is 0. The fraction of sp³-hybridized carbons (Fsp3) is 0. The van der Waals surface area contributed by atoms with Crippen molar-refractivity contribution in [3.63, 3.8) is 0 Å². The van der Waals surface area contributed by atoms with Crippen LogP contribution in [0.4, 0.5) is 0 Å². The molecule has 0 bridgehead atoms. The molecule has 0 radical (unpaired) electrons. The molecule has 4 nitrogen and oxygen atoms in total. The van der Waals surface area contributed by atoms with Crippen LogP contribution in [0.5, 0.6) is 0 Å². The van der Waals surface area contributed by atoms with Gasteiger partial charge in [0.1, 0.15) is 0 Å². The van der Waals surface area contributed by atoms with E-state index >= 15 is 0 Å². The number of benzene rings is 3. The Bertz CT molecular complexity index is 1090. The molecule has 0 unspecified atom stereocenters. The lowest BCUT2D eigenvalue weighted by molar-refractivity contribution is 0.103. The minimum Gasteiger partial charge on any atom is -0.515 e. The first-order valence-corrected chi connectivity index (χ1v) is 7.21. The van der Waals surface area contributed by atoms with Gasteiger partial charge >= 0.3 is 0 Å². The van der Waals surface area contributed by atoms with E-state index in [1.54, 1.807) is 30.3 Å². The van der Waals surface area contributed by atoms with Crippen LogP contribution in [0.25, 0.3) is 28.1 Å². The van der Waals surface area contributed by atoms with Gasteiger partial charge < -0.3 is 5.11 Å². The first-order chi connectivity index (χ1) is 11.3. The number of carbonyl (C=O) groups is 1. The topological polar surface area (TPSA) is 63.1 Å². The molecule has 0 saturated carbocycles. The first kappa shape index (κ1) is 13.4. The minimum atomic E-state index is -0.235. The van der Waals surface area contributed by atoms with Crippen molar-refractivity contribution in [2.75, 3.05) is 0 Å². The summed E-state index contributed by atoms with van der Waals surface area (Å²) in [4.78, 5) is 21.5. The predicted molar refractivity (Wildman–Crippen MR) is 89.2 cm³/mol. The molecular weight excluding hydrogens is 288 g/mol. The van der Waals surface area contributed by atoms with Crippen molar-refractivity contribution in [1.29, 1.82) is 0 Å². The Labute approximate surface area is 131 Å². The zero-order valence-corrected chi connectivity index (χ0v) is 12.1. The summed E-state index contributed by atoms with van der Waals surface area (Å²) in [5.74, 6) is -0.105. The number of rotatable bonds is 2. The number of ketones is 1. The van der Waals surface area contributed by atoms with Crippen LogP contribution in [0, 0.1) is 0 Å². The number of aromatic nitrogens is 2. The Morgan fingerprint density at radius 2 is 1.74 bits per heavy atom. The second kappa shape index (κ2) is 5.18. The lowest BCUT2D eigenvalue weighted by Gasteiger charge is -2.07. The molecule has 0 saturated heterocycles. The molecule has 3 aromatic carbocycles. The standard InChI is InChI=1S/C19H12N2O2/c22-11-14-10-9-12-7-4-8-15-16(12)17(14)21-19(20-15)18(23)13-5-2-1-3-6-13/h1-11,22H/b14-11+. The molecule has 23 heavy (non-hydrogen) atoms. The Morgan fingerprint density at radius 3 is 2.52 bits per heavy atom. The minimum absolute atomic E-state index is 0.130. The molecular formula is C19H12N2O2. The molecule has 4 heteroatoms. The van der Waals surface area contributed by atoms with Crippen LogP contribution in [0.15, 0.2) is 60.7 Å². The summed E-state index contributed by atoms with van der Waals surface area (Å²) in [5.41, 5.74) is 1.81. The third kappa shape index (κ3) is 2.12. The number of nitrogens with zero attached hydrogens (tertiary/aromatic N) is 2. The largest absolute Gasteiger partial charge is 0.515 e. The fourth-order valence-electron chi connectivity index (χ4n) is 2.74. The number of hydrogen-bond acceptors (Lipinski definition) is 4. The highest BCUT2D eigenvalue weighted by Gasteiger charge is 2.15. The van der Waals surface area contributed by atoms with E-state index in [9.17, 15) is 9.90 Å². The van der Waals surface area contributed by atoms with Crippen molar-refractivity contribution in [2.24, 2.45) is 0 Å². The molecule has 0 aliphatic rings. The highest BCUT2D eigenvalue weighted by atomic mass is 16.2. The van der Waals surface area contributed by atoms with Crippen LogP contribution in [0.3, 0.4) is 0 Å². The zero-order chi connectivity index (χ0) is 15.8. The van der Waals surface area contributed by atoms with E-state index in [0.717, 1.165) is 17.0 Å². The Kier molecular flexibility index (Phi) is 3.01. The zero-order valence-electron chi connectivity index (χ0n) is 12.1. The number of carbonyl (C=O) groups excluding carboxylic acids is 1. The van der Waals surface area contributed by atoms with E-state index in [4.69, 9.17) is 0 Å². The molecule has 0 aliphatic heterocycles. The summed E-state index contributed by atoms with van der Waals surface area (Å²) in [6.45, 7) is 0. The summed E-state index contributed by atoms with van der Waals surface area (Å²) in [6, 6.07) is 18.3. The van der Waals surface area contributed by atoms with Crippen LogP contribution in [-0.4, -0.2) is 20.9 Å². The van der Waals surface area contributed by atoms with Gasteiger partial charge in [-0.15, -0.1) is 0 Å². The average molecular weight is 300 g/mol. The van der Waals surface area contributed by atoms with Gasteiger partial charge in [0, 0.05) is 16.2 Å². The smallest absolute Gasteiger partial charge is 0.230 e. The van der Waals surface area contributed by atoms with E-state index in [2.05, 4.69) is 9.97 Å². The van der Waals surface area contributed by atoms with Crippen molar-refractivity contribution in [1.82, 2.24) is 9.97 Å². The third-order valence-electron chi connectivity index (χ3n) is 3.85. The summed E-state index contributed by atoms with van der Waals surface area (Å²) < 4.78 is 0. The van der Waals surface area contributed by atoms with Gasteiger partial charge in [0.05, 0.1) is 17.3 Å². The number of aliphatic hydroxyl groups excluding tert-OH is 1. The van der Waals surface area contributed by atoms with E-state index in [1.807, 2.05) is 30.3 Å². The van der Waals surface area contributed by atoms with Gasteiger partial charge in [0.15, 0.2) is 0 Å². The highest BCUT2D eigenvalue weighted by molar-refractivity contribution is 6.11. The number of aliphatic hydroxyl groups is 1. The van der Waals surface area contributed by atoms with Crippen LogP contribution < -0.4 is 5.22 Å². The fourth-order valence-corrected chi connectivity index (χ4v) is 2.74. The average Bonchev–Trinajstić information content (AvgIpc) is 2.62. The summed E-state index contributed by atoms with van der Waals surface area (Å²) in [6.07, 6.45) is 1.00. The van der Waals surface area contributed by atoms with Crippen molar-refractivity contribution in [3.05, 3.63) is 77.3 Å². The van der Waals surface area contributed by atoms with E-state index in [0.29, 0.717) is 21.8 Å². The lowest BCUT2D eigenvalue weighted by Crippen LogP contribution is -2.12. The highest BCUT2D eigenvalue weighted by Crippen LogP contribution is 2.22. The Balaban J connectivity index is 2.05. The summed E-state index contributed by atoms with van der Waals surface area (Å²) >= 11 is 0. The van der Waals surface area contributed by atoms with Crippen molar-refractivity contribution >= 4 is 33.9 Å². The van der Waals surface area contributed by atoms with Gasteiger partial charge in [-0.1, -0.05) is 48.5 Å². The van der Waals surface area contributed by atoms with Crippen molar-refractivity contribution in [2.45, 2.75) is 0 Å². The summed E-state index contributed by atoms with van der Waals surface area (Å²) in [5, 5.41) is 11.8. The molecule has 0 fully saturated rings. The van der Waals surface area contributed by atoms with Crippen LogP contribution in [0.1, 0.15) is 16.2 Å². The second-order valence-electron chi connectivity index (χ2n) is 5.25. The van der Waals surface area contributed by atoms with Crippen LogP contribution >= 0.6 is 0 Å². The molecule has 110 valence electrons. The van der Waals surface area contributed by atoms with Crippen LogP contribution in [0.2, 0.25) is 0 Å². The van der Waals surface area contributed by atoms with Crippen LogP contribution in [-0.2, 0) is 0 Å². The molecule has 4 aromatic rings. The maximum atomic E-state index is 12.6. The third-order valence-corrected chi connectivity index (χ3v) is 3.85. The number of hydrogen-bond donors (Lipinski definition) is 1. The Morgan fingerprint density at radius 1 is 0.913 bits per heavy atom. The van der Waals surface area contributed by atoms with Gasteiger partial charge in [-0.25, -0.2) is 9.97 Å². The monoisotopic (exact) mass is 300 g/mol. The van der Waals surface area contributed by atoms with Gasteiger partial charge in [0.25, 0.3) is 0 Å². The molecule has 0 atom stereocenters. The maximum absolute atomic E-state index is 12.6. The second-order valence-corrected chi connectivity index (χ2v) is 5.25. The molecule has 1 aromatic heterocycles. The molecule has 0 spiro atoms. The molecule has 0 aliphatic carbocycles. The van der Waals surface area contributed by atoms with E-state index in [1.165, 1.54) is 0 Å². The Hall–Kier alpha value is -3.27. The van der Waals surface area contributed by atoms with Crippen molar-refractivity contribution < 1.29 is 9.90 Å². The molecule has 0 amide bonds. The maximum Gasteiger partial charge on any atom is 0.230 e. The van der Waals surface area contributed by atoms with Gasteiger partial charge in [-0.2, -0.15) is 0 Å². The first-order valence-electron chi connectivity index (χ1n) is 7.21. The van der Waals surface area contributed by atoms with Gasteiger partial charge in [-0.05, 0) is 17.5 Å². The van der Waals surface area contributed by atoms with Gasteiger partial charge in [0.2, 0.25) is 11.6 Å². The van der Waals surface area contributed by atoms with Gasteiger partial charge in [-0.3, -0.25) is 4.79 Å². The molecule has 4 rings (SSSR count). The SMILES string of the molecule is O=C(c1ccccc1)c1nc2cccc3cc/c(=C\O)c(n1)c32. The van der Waals surface area contributed by atoms with E-state index in [-0.39, 0.29) is 11.6 Å². The predicted octanol–water partition coefficient (Wildman–Crippen LogP) is 3.03. The lowest BCUT2D eigenvalue weighted by atomic mass is 10.1. The quantitative estimate of drug-likeness (QED) is 0.578. The van der Waals surface area contributed by atoms with E-state index < -0.39 is 0 Å². The van der Waals surface area contributed by atoms with Crippen molar-refractivity contribution in [3.8, 4) is 0 Å². The molecule has 1 heterocycles. The molecule has 1 N–H and O–H groups in total.